The van der Waals surface area contributed by atoms with E-state index in [0.717, 1.165) is 41.4 Å². The van der Waals surface area contributed by atoms with E-state index in [1.807, 2.05) is 29.7 Å². The predicted octanol–water partition coefficient (Wildman–Crippen LogP) is 3.35. The van der Waals surface area contributed by atoms with Crippen LogP contribution in [-0.2, 0) is 13.0 Å². The highest BCUT2D eigenvalue weighted by atomic mass is 127. The minimum absolute atomic E-state index is 0. The quantitative estimate of drug-likeness (QED) is 0.213. The number of ether oxygens (including phenoxy) is 2. The van der Waals surface area contributed by atoms with Crippen LogP contribution in [0, 0.1) is 0 Å². The number of aliphatic imine (C=N–C) groups is 1. The standard InChI is InChI=1S/C21H32N6O2.HI/c1-7-20-26-24-14-27(20)11-10-22-21(23-13-15(2)3)25-16(4)18-12-17(28-5)8-9-19(18)29-6;/h8-9,12,14,16H,2,7,10-11,13H2,1,3-6H3,(H2,22,23,25);1H. The number of halogens is 1. The van der Waals surface area contributed by atoms with Gasteiger partial charge in [-0.2, -0.15) is 0 Å². The molecule has 2 rings (SSSR count). The summed E-state index contributed by atoms with van der Waals surface area (Å²) in [4.78, 5) is 4.63. The first kappa shape index (κ1) is 25.7. The summed E-state index contributed by atoms with van der Waals surface area (Å²) < 4.78 is 12.9. The first-order valence-electron chi connectivity index (χ1n) is 9.76. The van der Waals surface area contributed by atoms with Gasteiger partial charge in [-0.05, 0) is 32.0 Å². The molecule has 0 aliphatic heterocycles. The van der Waals surface area contributed by atoms with Crippen molar-refractivity contribution in [3.8, 4) is 11.5 Å². The maximum absolute atomic E-state index is 5.51. The van der Waals surface area contributed by atoms with Crippen molar-refractivity contribution in [3.05, 3.63) is 48.1 Å². The average Bonchev–Trinajstić information content (AvgIpc) is 3.18. The molecule has 0 spiro atoms. The minimum Gasteiger partial charge on any atom is -0.497 e. The molecule has 8 nitrogen and oxygen atoms in total. The summed E-state index contributed by atoms with van der Waals surface area (Å²) in [6.45, 7) is 12.0. The molecule has 1 heterocycles. The first-order valence-corrected chi connectivity index (χ1v) is 9.76. The van der Waals surface area contributed by atoms with Crippen LogP contribution in [0.5, 0.6) is 11.5 Å². The molecule has 0 aliphatic rings. The number of hydrogen-bond donors (Lipinski definition) is 2. The summed E-state index contributed by atoms with van der Waals surface area (Å²) in [5, 5.41) is 14.9. The van der Waals surface area contributed by atoms with Crippen molar-refractivity contribution in [2.75, 3.05) is 27.3 Å². The molecular weight excluding hydrogens is 495 g/mol. The Morgan fingerprint density at radius 3 is 2.70 bits per heavy atom. The van der Waals surface area contributed by atoms with Crippen LogP contribution >= 0.6 is 24.0 Å². The van der Waals surface area contributed by atoms with Crippen molar-refractivity contribution >= 4 is 29.9 Å². The van der Waals surface area contributed by atoms with Gasteiger partial charge in [-0.25, -0.2) is 4.99 Å². The minimum atomic E-state index is -0.0439. The molecule has 2 aromatic rings. The highest BCUT2D eigenvalue weighted by Gasteiger charge is 2.14. The molecule has 1 aromatic heterocycles. The van der Waals surface area contributed by atoms with Crippen molar-refractivity contribution in [2.45, 2.75) is 39.8 Å². The normalized spacial score (nSPS) is 12.0. The van der Waals surface area contributed by atoms with Crippen molar-refractivity contribution in [1.29, 1.82) is 0 Å². The first-order chi connectivity index (χ1) is 14.0. The highest BCUT2D eigenvalue weighted by Crippen LogP contribution is 2.29. The molecule has 1 aromatic carbocycles. The van der Waals surface area contributed by atoms with Gasteiger partial charge in [0.15, 0.2) is 5.96 Å². The lowest BCUT2D eigenvalue weighted by molar-refractivity contribution is 0.394. The van der Waals surface area contributed by atoms with Crippen molar-refractivity contribution in [3.63, 3.8) is 0 Å². The lowest BCUT2D eigenvalue weighted by atomic mass is 10.1. The number of aryl methyl sites for hydroxylation is 1. The molecular formula is C21H33IN6O2. The molecule has 0 radical (unpaired) electrons. The Bertz CT molecular complexity index is 837. The van der Waals surface area contributed by atoms with Gasteiger partial charge in [-0.1, -0.05) is 19.1 Å². The largest absolute Gasteiger partial charge is 0.497 e. The van der Waals surface area contributed by atoms with Gasteiger partial charge in [0.05, 0.1) is 26.8 Å². The highest BCUT2D eigenvalue weighted by molar-refractivity contribution is 14.0. The summed E-state index contributed by atoms with van der Waals surface area (Å²) in [5.74, 6) is 3.25. The number of nitrogens with one attached hydrogen (secondary N) is 2. The maximum Gasteiger partial charge on any atom is 0.192 e. The maximum atomic E-state index is 5.51. The summed E-state index contributed by atoms with van der Waals surface area (Å²) in [6, 6.07) is 5.71. The fourth-order valence-electron chi connectivity index (χ4n) is 2.86. The molecule has 0 saturated heterocycles. The second-order valence-electron chi connectivity index (χ2n) is 6.82. The third-order valence-electron chi connectivity index (χ3n) is 4.42. The number of nitrogens with zero attached hydrogens (tertiary/aromatic N) is 4. The number of guanidine groups is 1. The zero-order chi connectivity index (χ0) is 21.2. The number of hydrogen-bond acceptors (Lipinski definition) is 5. The second kappa shape index (κ2) is 13.1. The molecule has 2 N–H and O–H groups in total. The molecule has 0 bridgehead atoms. The summed E-state index contributed by atoms with van der Waals surface area (Å²) in [5.41, 5.74) is 1.98. The van der Waals surface area contributed by atoms with Gasteiger partial charge in [0.25, 0.3) is 0 Å². The van der Waals surface area contributed by atoms with Crippen LogP contribution in [0.4, 0.5) is 0 Å². The number of rotatable bonds is 10. The van der Waals surface area contributed by atoms with Crippen LogP contribution in [0.2, 0.25) is 0 Å². The topological polar surface area (TPSA) is 85.6 Å². The lowest BCUT2D eigenvalue weighted by Crippen LogP contribution is -2.40. The van der Waals surface area contributed by atoms with Crippen molar-refractivity contribution in [1.82, 2.24) is 25.4 Å². The second-order valence-corrected chi connectivity index (χ2v) is 6.82. The van der Waals surface area contributed by atoms with Crippen LogP contribution in [0.3, 0.4) is 0 Å². The van der Waals surface area contributed by atoms with Crippen LogP contribution in [-0.4, -0.2) is 48.0 Å². The Morgan fingerprint density at radius 1 is 1.30 bits per heavy atom. The van der Waals surface area contributed by atoms with E-state index in [4.69, 9.17) is 9.47 Å². The van der Waals surface area contributed by atoms with Crippen LogP contribution < -0.4 is 20.1 Å². The van der Waals surface area contributed by atoms with E-state index in [9.17, 15) is 0 Å². The zero-order valence-corrected chi connectivity index (χ0v) is 20.8. The third kappa shape index (κ3) is 7.51. The van der Waals surface area contributed by atoms with E-state index in [1.165, 1.54) is 0 Å². The monoisotopic (exact) mass is 528 g/mol. The Morgan fingerprint density at radius 2 is 2.07 bits per heavy atom. The molecule has 0 amide bonds. The van der Waals surface area contributed by atoms with Crippen LogP contribution in [0.25, 0.3) is 0 Å². The van der Waals surface area contributed by atoms with Crippen molar-refractivity contribution < 1.29 is 9.47 Å². The molecule has 30 heavy (non-hydrogen) atoms. The van der Waals surface area contributed by atoms with Gasteiger partial charge in [0, 0.05) is 25.1 Å². The van der Waals surface area contributed by atoms with Crippen LogP contribution in [0.15, 0.2) is 41.7 Å². The van der Waals surface area contributed by atoms with Gasteiger partial charge in [0.1, 0.15) is 23.7 Å². The third-order valence-corrected chi connectivity index (χ3v) is 4.42. The smallest absolute Gasteiger partial charge is 0.192 e. The molecule has 1 atom stereocenters. The van der Waals surface area contributed by atoms with Gasteiger partial charge in [-0.3, -0.25) is 0 Å². The fraction of sp³-hybridized carbons (Fsp3) is 0.476. The molecule has 9 heteroatoms. The zero-order valence-electron chi connectivity index (χ0n) is 18.4. The van der Waals surface area contributed by atoms with E-state index in [0.29, 0.717) is 19.0 Å². The molecule has 0 aliphatic carbocycles. The molecule has 0 fully saturated rings. The fourth-order valence-corrected chi connectivity index (χ4v) is 2.86. The van der Waals surface area contributed by atoms with E-state index in [2.05, 4.69) is 46.2 Å². The Labute approximate surface area is 196 Å². The van der Waals surface area contributed by atoms with E-state index < -0.39 is 0 Å². The molecule has 0 saturated carbocycles. The average molecular weight is 528 g/mol. The van der Waals surface area contributed by atoms with E-state index in [-0.39, 0.29) is 30.0 Å². The van der Waals surface area contributed by atoms with Gasteiger partial charge in [0.2, 0.25) is 0 Å². The predicted molar refractivity (Wildman–Crippen MR) is 131 cm³/mol. The lowest BCUT2D eigenvalue weighted by Gasteiger charge is -2.21. The van der Waals surface area contributed by atoms with E-state index in [1.54, 1.807) is 20.5 Å². The van der Waals surface area contributed by atoms with Gasteiger partial charge < -0.3 is 24.7 Å². The SMILES string of the molecule is C=C(C)CN=C(NCCn1cnnc1CC)NC(C)c1cc(OC)ccc1OC.I. The van der Waals surface area contributed by atoms with E-state index >= 15 is 0 Å². The number of aromatic nitrogens is 3. The van der Waals surface area contributed by atoms with Crippen LogP contribution in [0.1, 0.15) is 38.2 Å². The number of methoxy groups -OCH3 is 2. The molecule has 1 unspecified atom stereocenters. The summed E-state index contributed by atoms with van der Waals surface area (Å²) in [7, 11) is 3.32. The molecule has 166 valence electrons. The number of benzene rings is 1. The Balaban J connectivity index is 0.00000450. The van der Waals surface area contributed by atoms with Crippen molar-refractivity contribution in [2.24, 2.45) is 4.99 Å². The Hall–Kier alpha value is -2.30. The van der Waals surface area contributed by atoms with Gasteiger partial charge >= 0.3 is 0 Å². The Kier molecular flexibility index (Phi) is 11.2. The summed E-state index contributed by atoms with van der Waals surface area (Å²) >= 11 is 0. The summed E-state index contributed by atoms with van der Waals surface area (Å²) in [6.07, 6.45) is 2.60. The van der Waals surface area contributed by atoms with Gasteiger partial charge in [-0.15, -0.1) is 34.2 Å².